The summed E-state index contributed by atoms with van der Waals surface area (Å²) in [5.74, 6) is 0.832. The molecule has 2 unspecified atom stereocenters. The lowest BCUT2D eigenvalue weighted by Gasteiger charge is -2.31. The number of likely N-dealkylation sites (N-methyl/N-ethyl adjacent to an activating group) is 1. The summed E-state index contributed by atoms with van der Waals surface area (Å²) in [6.07, 6.45) is 7.44. The van der Waals surface area contributed by atoms with Crippen LogP contribution in [0.2, 0.25) is 0 Å². The highest BCUT2D eigenvalue weighted by atomic mass is 16.5. The number of aromatic nitrogens is 1. The van der Waals surface area contributed by atoms with Crippen molar-refractivity contribution in [2.75, 3.05) is 19.8 Å². The fraction of sp³-hybridized carbons (Fsp3) is 0.667. The lowest BCUT2D eigenvalue weighted by Crippen LogP contribution is -2.36. The molecule has 1 aromatic heterocycles. The smallest absolute Gasteiger partial charge is 0.137 e. The Bertz CT molecular complexity index is 378. The van der Waals surface area contributed by atoms with Crippen LogP contribution in [0.1, 0.15) is 44.7 Å². The molecule has 2 atom stereocenters. The summed E-state index contributed by atoms with van der Waals surface area (Å²) in [6.45, 7) is 6.56. The molecule has 1 aromatic rings. The van der Waals surface area contributed by atoms with E-state index in [1.54, 1.807) is 6.20 Å². The quantitative estimate of drug-likeness (QED) is 0.858. The van der Waals surface area contributed by atoms with Gasteiger partial charge >= 0.3 is 0 Å². The maximum atomic E-state index is 5.92. The predicted octanol–water partition coefficient (Wildman–Crippen LogP) is 2.70. The van der Waals surface area contributed by atoms with E-state index in [4.69, 9.17) is 9.47 Å². The summed E-state index contributed by atoms with van der Waals surface area (Å²) in [5.41, 5.74) is 1.15. The van der Waals surface area contributed by atoms with Crippen LogP contribution in [-0.4, -0.2) is 30.8 Å². The van der Waals surface area contributed by atoms with E-state index in [0.717, 1.165) is 30.9 Å². The van der Waals surface area contributed by atoms with Gasteiger partial charge in [-0.2, -0.15) is 0 Å². The first-order chi connectivity index (χ1) is 9.35. The third-order valence-electron chi connectivity index (χ3n) is 3.42. The van der Waals surface area contributed by atoms with Gasteiger partial charge in [0, 0.05) is 12.8 Å². The highest BCUT2D eigenvalue weighted by Crippen LogP contribution is 2.27. The molecular weight excluding hydrogens is 240 g/mol. The van der Waals surface area contributed by atoms with Gasteiger partial charge in [-0.05, 0) is 44.4 Å². The van der Waals surface area contributed by atoms with Gasteiger partial charge in [-0.3, -0.25) is 4.98 Å². The maximum Gasteiger partial charge on any atom is 0.137 e. The lowest BCUT2D eigenvalue weighted by molar-refractivity contribution is -0.00796. The number of nitrogens with zero attached hydrogens (tertiary/aromatic N) is 1. The summed E-state index contributed by atoms with van der Waals surface area (Å²) < 4.78 is 11.4. The van der Waals surface area contributed by atoms with E-state index in [0.29, 0.717) is 6.61 Å². The zero-order valence-electron chi connectivity index (χ0n) is 11.9. The van der Waals surface area contributed by atoms with E-state index >= 15 is 0 Å². The van der Waals surface area contributed by atoms with Crippen LogP contribution < -0.4 is 10.1 Å². The molecule has 0 saturated carbocycles. The number of ether oxygens (including phenoxy) is 2. The largest absolute Gasteiger partial charge is 0.492 e. The second-order valence-corrected chi connectivity index (χ2v) is 4.83. The third kappa shape index (κ3) is 3.91. The number of nitrogens with one attached hydrogen (secondary N) is 1. The molecule has 1 N–H and O–H groups in total. The van der Waals surface area contributed by atoms with Gasteiger partial charge in [0.15, 0.2) is 0 Å². The Balaban J connectivity index is 2.14. The highest BCUT2D eigenvalue weighted by molar-refractivity contribution is 5.27. The summed E-state index contributed by atoms with van der Waals surface area (Å²) in [4.78, 5) is 4.28. The lowest BCUT2D eigenvalue weighted by atomic mass is 9.96. The number of hydrogen-bond acceptors (Lipinski definition) is 4. The summed E-state index contributed by atoms with van der Waals surface area (Å²) >= 11 is 0. The minimum absolute atomic E-state index is 0.207. The number of hydrogen-bond donors (Lipinski definition) is 1. The molecule has 2 heterocycles. The van der Waals surface area contributed by atoms with Gasteiger partial charge in [0.1, 0.15) is 5.75 Å². The summed E-state index contributed by atoms with van der Waals surface area (Å²) in [7, 11) is 0. The zero-order valence-corrected chi connectivity index (χ0v) is 11.9. The van der Waals surface area contributed by atoms with Crippen LogP contribution in [0.3, 0.4) is 0 Å². The van der Waals surface area contributed by atoms with Crippen LogP contribution in [0.15, 0.2) is 18.5 Å². The van der Waals surface area contributed by atoms with Gasteiger partial charge < -0.3 is 14.8 Å². The molecule has 4 nitrogen and oxygen atoms in total. The van der Waals surface area contributed by atoms with Crippen LogP contribution in [0.4, 0.5) is 0 Å². The molecule has 1 saturated heterocycles. The minimum Gasteiger partial charge on any atom is -0.492 e. The fourth-order valence-corrected chi connectivity index (χ4v) is 2.56. The van der Waals surface area contributed by atoms with Crippen LogP contribution in [0, 0.1) is 0 Å². The first-order valence-corrected chi connectivity index (χ1v) is 7.27. The molecule has 0 amide bonds. The minimum atomic E-state index is 0.207. The Morgan fingerprint density at radius 1 is 1.42 bits per heavy atom. The number of pyridine rings is 1. The monoisotopic (exact) mass is 264 g/mol. The molecule has 2 rings (SSSR count). The average molecular weight is 264 g/mol. The van der Waals surface area contributed by atoms with Crippen molar-refractivity contribution in [1.82, 2.24) is 10.3 Å². The van der Waals surface area contributed by atoms with Gasteiger partial charge in [-0.25, -0.2) is 0 Å². The first-order valence-electron chi connectivity index (χ1n) is 7.27. The molecule has 1 fully saturated rings. The molecule has 19 heavy (non-hydrogen) atoms. The maximum absolute atomic E-state index is 5.92. The molecule has 0 aliphatic carbocycles. The van der Waals surface area contributed by atoms with Crippen molar-refractivity contribution in [2.24, 2.45) is 0 Å². The second-order valence-electron chi connectivity index (χ2n) is 4.83. The molecule has 0 radical (unpaired) electrons. The van der Waals surface area contributed by atoms with Gasteiger partial charge in [0.2, 0.25) is 0 Å². The fourth-order valence-electron chi connectivity index (χ4n) is 2.56. The van der Waals surface area contributed by atoms with E-state index in [1.165, 1.54) is 12.8 Å². The Morgan fingerprint density at radius 3 is 3.00 bits per heavy atom. The SMILES string of the molecule is CCNC(c1cncc(OCC)c1)C1CCCCO1. The van der Waals surface area contributed by atoms with Gasteiger partial charge in [-0.15, -0.1) is 0 Å². The Labute approximate surface area is 115 Å². The van der Waals surface area contributed by atoms with Crippen LogP contribution >= 0.6 is 0 Å². The molecular formula is C15H24N2O2. The van der Waals surface area contributed by atoms with Crippen LogP contribution in [0.5, 0.6) is 5.75 Å². The van der Waals surface area contributed by atoms with Gasteiger partial charge in [0.05, 0.1) is 24.9 Å². The Kier molecular flexibility index (Phi) is 5.61. The third-order valence-corrected chi connectivity index (χ3v) is 3.42. The summed E-state index contributed by atoms with van der Waals surface area (Å²) in [5, 5.41) is 3.52. The molecule has 106 valence electrons. The van der Waals surface area contributed by atoms with Crippen molar-refractivity contribution >= 4 is 0 Å². The zero-order chi connectivity index (χ0) is 13.5. The van der Waals surface area contributed by atoms with E-state index in [-0.39, 0.29) is 12.1 Å². The van der Waals surface area contributed by atoms with Gasteiger partial charge in [0.25, 0.3) is 0 Å². The Hall–Kier alpha value is -1.13. The molecule has 0 aromatic carbocycles. The number of rotatable bonds is 6. The van der Waals surface area contributed by atoms with E-state index in [1.807, 2.05) is 13.1 Å². The second kappa shape index (κ2) is 7.46. The predicted molar refractivity (Wildman–Crippen MR) is 75.4 cm³/mol. The van der Waals surface area contributed by atoms with Crippen molar-refractivity contribution in [3.05, 3.63) is 24.0 Å². The van der Waals surface area contributed by atoms with E-state index in [9.17, 15) is 0 Å². The molecule has 1 aliphatic rings. The molecule has 0 bridgehead atoms. The normalized spacial score (nSPS) is 21.1. The van der Waals surface area contributed by atoms with Crippen molar-refractivity contribution in [2.45, 2.75) is 45.3 Å². The van der Waals surface area contributed by atoms with Crippen molar-refractivity contribution in [3.63, 3.8) is 0 Å². The van der Waals surface area contributed by atoms with Crippen molar-refractivity contribution in [1.29, 1.82) is 0 Å². The van der Waals surface area contributed by atoms with Crippen molar-refractivity contribution < 1.29 is 9.47 Å². The summed E-state index contributed by atoms with van der Waals surface area (Å²) in [6, 6.07) is 2.28. The van der Waals surface area contributed by atoms with Gasteiger partial charge in [-0.1, -0.05) is 6.92 Å². The molecule has 0 spiro atoms. The topological polar surface area (TPSA) is 43.4 Å². The standard InChI is InChI=1S/C15H24N2O2/c1-3-17-15(14-7-5-6-8-19-14)12-9-13(18-4-2)11-16-10-12/h9-11,14-15,17H,3-8H2,1-2H3. The molecule has 4 heteroatoms. The van der Waals surface area contributed by atoms with Crippen LogP contribution in [-0.2, 0) is 4.74 Å². The highest BCUT2D eigenvalue weighted by Gasteiger charge is 2.25. The van der Waals surface area contributed by atoms with E-state index in [2.05, 4.69) is 23.3 Å². The molecule has 1 aliphatic heterocycles. The van der Waals surface area contributed by atoms with Crippen molar-refractivity contribution in [3.8, 4) is 5.75 Å². The van der Waals surface area contributed by atoms with E-state index < -0.39 is 0 Å². The first kappa shape index (κ1) is 14.3. The average Bonchev–Trinajstić information content (AvgIpc) is 2.46. The van der Waals surface area contributed by atoms with Crippen LogP contribution in [0.25, 0.3) is 0 Å². The Morgan fingerprint density at radius 2 is 2.32 bits per heavy atom.